The lowest BCUT2D eigenvalue weighted by Gasteiger charge is -2.11. The van der Waals surface area contributed by atoms with Crippen molar-refractivity contribution in [3.8, 4) is 5.88 Å². The second-order valence-corrected chi connectivity index (χ2v) is 8.75. The van der Waals surface area contributed by atoms with Crippen molar-refractivity contribution in [2.45, 2.75) is 18.0 Å². The van der Waals surface area contributed by atoms with Gasteiger partial charge < -0.3 is 14.8 Å². The van der Waals surface area contributed by atoms with E-state index in [1.54, 1.807) is 37.4 Å². The Labute approximate surface area is 191 Å². The van der Waals surface area contributed by atoms with Gasteiger partial charge in [-0.2, -0.15) is 0 Å². The van der Waals surface area contributed by atoms with E-state index in [9.17, 15) is 17.6 Å². The first kappa shape index (κ1) is 24.3. The van der Waals surface area contributed by atoms with Crippen LogP contribution in [0, 0.1) is 5.82 Å². The normalized spacial score (nSPS) is 11.2. The molecule has 2 N–H and O–H groups in total. The monoisotopic (exact) mass is 473 g/mol. The first-order valence-corrected chi connectivity index (χ1v) is 11.6. The van der Waals surface area contributed by atoms with Crippen molar-refractivity contribution in [2.75, 3.05) is 20.3 Å². The third-order valence-electron chi connectivity index (χ3n) is 4.56. The summed E-state index contributed by atoms with van der Waals surface area (Å²) in [4.78, 5) is 16.7. The van der Waals surface area contributed by atoms with Crippen molar-refractivity contribution in [3.05, 3.63) is 89.4 Å². The minimum atomic E-state index is -3.83. The van der Waals surface area contributed by atoms with Gasteiger partial charge in [-0.1, -0.05) is 24.3 Å². The highest BCUT2D eigenvalue weighted by Gasteiger charge is 2.16. The van der Waals surface area contributed by atoms with Crippen LogP contribution >= 0.6 is 0 Å². The summed E-state index contributed by atoms with van der Waals surface area (Å²) in [6.07, 6.45) is 1.52. The summed E-state index contributed by atoms with van der Waals surface area (Å²) >= 11 is 0. The largest absolute Gasteiger partial charge is 0.475 e. The van der Waals surface area contributed by atoms with Gasteiger partial charge in [0.25, 0.3) is 5.91 Å². The summed E-state index contributed by atoms with van der Waals surface area (Å²) in [5.41, 5.74) is 1.35. The molecule has 0 unspecified atom stereocenters. The maximum atomic E-state index is 13.3. The lowest BCUT2D eigenvalue weighted by atomic mass is 10.2. The Balaban J connectivity index is 1.64. The lowest BCUT2D eigenvalue weighted by molar-refractivity contribution is 0.0941. The smallest absolute Gasteiger partial charge is 0.257 e. The number of benzene rings is 2. The van der Waals surface area contributed by atoms with Crippen LogP contribution in [0.3, 0.4) is 0 Å². The molecule has 0 aliphatic heterocycles. The highest BCUT2D eigenvalue weighted by Crippen LogP contribution is 2.16. The van der Waals surface area contributed by atoms with Gasteiger partial charge in [0.2, 0.25) is 15.9 Å². The van der Waals surface area contributed by atoms with Gasteiger partial charge in [-0.3, -0.25) is 4.79 Å². The summed E-state index contributed by atoms with van der Waals surface area (Å²) in [6.45, 7) is 0.648. The van der Waals surface area contributed by atoms with E-state index in [2.05, 4.69) is 15.0 Å². The van der Waals surface area contributed by atoms with Crippen LogP contribution in [-0.4, -0.2) is 39.6 Å². The van der Waals surface area contributed by atoms with Crippen LogP contribution < -0.4 is 14.8 Å². The number of rotatable bonds is 11. The number of nitrogens with zero attached hydrogens (tertiary/aromatic N) is 1. The molecular formula is C23H24FN3O5S. The van der Waals surface area contributed by atoms with Gasteiger partial charge >= 0.3 is 0 Å². The standard InChI is InChI=1S/C23H24FN3O5S/c1-31-11-12-32-23-21(9-4-10-25-23)22(28)26-15-18-6-3-8-20(14-18)33(29,30)27-16-17-5-2-7-19(24)13-17/h2-10,13-14,27H,11-12,15-16H2,1H3,(H,26,28). The van der Waals surface area contributed by atoms with Gasteiger partial charge in [0.1, 0.15) is 18.0 Å². The number of ether oxygens (including phenoxy) is 2. The van der Waals surface area contributed by atoms with Gasteiger partial charge in [-0.05, 0) is 47.5 Å². The van der Waals surface area contributed by atoms with Crippen molar-refractivity contribution in [3.63, 3.8) is 0 Å². The SMILES string of the molecule is COCCOc1ncccc1C(=O)NCc1cccc(S(=O)(=O)NCc2cccc(F)c2)c1. The number of hydrogen-bond donors (Lipinski definition) is 2. The molecule has 0 radical (unpaired) electrons. The summed E-state index contributed by atoms with van der Waals surface area (Å²) in [7, 11) is -2.29. The zero-order valence-electron chi connectivity index (χ0n) is 18.0. The molecule has 0 fully saturated rings. The Morgan fingerprint density at radius 3 is 2.52 bits per heavy atom. The summed E-state index contributed by atoms with van der Waals surface area (Å²) < 4.78 is 51.5. The number of aromatic nitrogens is 1. The van der Waals surface area contributed by atoms with E-state index >= 15 is 0 Å². The van der Waals surface area contributed by atoms with Crippen LogP contribution in [0.25, 0.3) is 0 Å². The van der Waals surface area contributed by atoms with E-state index in [0.29, 0.717) is 17.7 Å². The third-order valence-corrected chi connectivity index (χ3v) is 5.96. The van der Waals surface area contributed by atoms with Gasteiger partial charge in [0, 0.05) is 26.4 Å². The molecule has 0 aliphatic rings. The van der Waals surface area contributed by atoms with Crippen LogP contribution in [0.1, 0.15) is 21.5 Å². The van der Waals surface area contributed by atoms with E-state index in [-0.39, 0.29) is 36.0 Å². The third kappa shape index (κ3) is 7.07. The van der Waals surface area contributed by atoms with Crippen molar-refractivity contribution >= 4 is 15.9 Å². The van der Waals surface area contributed by atoms with Crippen molar-refractivity contribution in [1.29, 1.82) is 0 Å². The second kappa shape index (κ2) is 11.5. The zero-order valence-corrected chi connectivity index (χ0v) is 18.8. The number of pyridine rings is 1. The fourth-order valence-electron chi connectivity index (χ4n) is 2.91. The number of sulfonamides is 1. The molecule has 174 valence electrons. The number of carbonyl (C=O) groups excluding carboxylic acids is 1. The molecule has 1 amide bonds. The highest BCUT2D eigenvalue weighted by atomic mass is 32.2. The quantitative estimate of drug-likeness (QED) is 0.415. The zero-order chi connectivity index (χ0) is 23.7. The second-order valence-electron chi connectivity index (χ2n) is 6.98. The minimum Gasteiger partial charge on any atom is -0.475 e. The molecule has 0 aliphatic carbocycles. The maximum Gasteiger partial charge on any atom is 0.257 e. The Bertz CT molecular complexity index is 1200. The topological polar surface area (TPSA) is 107 Å². The molecule has 0 spiro atoms. The van der Waals surface area contributed by atoms with Crippen molar-refractivity contribution in [2.24, 2.45) is 0 Å². The average Bonchev–Trinajstić information content (AvgIpc) is 2.82. The molecule has 1 aromatic heterocycles. The molecule has 1 heterocycles. The van der Waals surface area contributed by atoms with Gasteiger partial charge in [0.15, 0.2) is 0 Å². The van der Waals surface area contributed by atoms with Crippen molar-refractivity contribution in [1.82, 2.24) is 15.0 Å². The maximum absolute atomic E-state index is 13.3. The fourth-order valence-corrected chi connectivity index (χ4v) is 4.00. The Kier molecular flexibility index (Phi) is 8.47. The Morgan fingerprint density at radius 1 is 1.00 bits per heavy atom. The van der Waals surface area contributed by atoms with Crippen molar-refractivity contribution < 1.29 is 27.1 Å². The van der Waals surface area contributed by atoms with Gasteiger partial charge in [0.05, 0.1) is 11.5 Å². The number of methoxy groups -OCH3 is 1. The van der Waals surface area contributed by atoms with E-state index < -0.39 is 21.7 Å². The summed E-state index contributed by atoms with van der Waals surface area (Å²) in [5, 5.41) is 2.74. The minimum absolute atomic E-state index is 0.0376. The molecule has 3 aromatic rings. The molecule has 2 aromatic carbocycles. The van der Waals surface area contributed by atoms with Crippen LogP contribution in [0.2, 0.25) is 0 Å². The van der Waals surface area contributed by atoms with E-state index in [4.69, 9.17) is 9.47 Å². The van der Waals surface area contributed by atoms with Crippen LogP contribution in [0.5, 0.6) is 5.88 Å². The van der Waals surface area contributed by atoms with Crippen LogP contribution in [-0.2, 0) is 27.8 Å². The van der Waals surface area contributed by atoms with E-state index in [1.165, 1.54) is 36.5 Å². The lowest BCUT2D eigenvalue weighted by Crippen LogP contribution is -2.25. The summed E-state index contributed by atoms with van der Waals surface area (Å²) in [6, 6.07) is 15.1. The highest BCUT2D eigenvalue weighted by molar-refractivity contribution is 7.89. The predicted octanol–water partition coefficient (Wildman–Crippen LogP) is 2.65. The first-order chi connectivity index (χ1) is 15.9. The number of halogens is 1. The molecule has 0 saturated carbocycles. The average molecular weight is 474 g/mol. The number of nitrogens with one attached hydrogen (secondary N) is 2. The Morgan fingerprint density at radius 2 is 1.76 bits per heavy atom. The molecule has 0 saturated heterocycles. The number of amides is 1. The van der Waals surface area contributed by atoms with E-state index in [1.807, 2.05) is 0 Å². The molecule has 0 atom stereocenters. The van der Waals surface area contributed by atoms with Crippen LogP contribution in [0.4, 0.5) is 4.39 Å². The molecular weight excluding hydrogens is 449 g/mol. The van der Waals surface area contributed by atoms with Gasteiger partial charge in [-0.15, -0.1) is 0 Å². The number of carbonyl (C=O) groups is 1. The molecule has 0 bridgehead atoms. The number of hydrogen-bond acceptors (Lipinski definition) is 6. The molecule has 33 heavy (non-hydrogen) atoms. The van der Waals surface area contributed by atoms with Crippen LogP contribution in [0.15, 0.2) is 71.8 Å². The molecule has 3 rings (SSSR count). The first-order valence-electron chi connectivity index (χ1n) is 10.1. The Hall–Kier alpha value is -3.34. The molecule has 8 nitrogen and oxygen atoms in total. The fraction of sp³-hybridized carbons (Fsp3) is 0.217. The van der Waals surface area contributed by atoms with E-state index in [0.717, 1.165) is 0 Å². The summed E-state index contributed by atoms with van der Waals surface area (Å²) in [5.74, 6) is -0.664. The molecule has 10 heteroatoms. The van der Waals surface area contributed by atoms with Gasteiger partial charge in [-0.25, -0.2) is 22.5 Å². The predicted molar refractivity (Wildman–Crippen MR) is 120 cm³/mol.